The summed E-state index contributed by atoms with van der Waals surface area (Å²) in [4.78, 5) is 14.8. The van der Waals surface area contributed by atoms with Crippen LogP contribution in [0, 0.1) is 0 Å². The van der Waals surface area contributed by atoms with Crippen LogP contribution in [0.3, 0.4) is 0 Å². The molecule has 45 heavy (non-hydrogen) atoms. The molecular formula is C41H25N3O. The third kappa shape index (κ3) is 4.43. The van der Waals surface area contributed by atoms with Crippen LogP contribution in [-0.4, -0.2) is 15.0 Å². The smallest absolute Gasteiger partial charge is 0.164 e. The van der Waals surface area contributed by atoms with Crippen LogP contribution in [0.1, 0.15) is 0 Å². The zero-order valence-electron chi connectivity index (χ0n) is 24.2. The van der Waals surface area contributed by atoms with Crippen molar-refractivity contribution in [1.29, 1.82) is 0 Å². The number of fused-ring (bicyclic) bond motifs is 5. The van der Waals surface area contributed by atoms with E-state index in [9.17, 15) is 0 Å². The summed E-state index contributed by atoms with van der Waals surface area (Å²) in [5.74, 6) is 1.93. The van der Waals surface area contributed by atoms with E-state index in [1.165, 1.54) is 16.2 Å². The molecule has 0 radical (unpaired) electrons. The fraction of sp³-hybridized carbons (Fsp3) is 0. The zero-order valence-corrected chi connectivity index (χ0v) is 24.2. The maximum absolute atomic E-state index is 6.33. The lowest BCUT2D eigenvalue weighted by molar-refractivity contribution is 0.669. The van der Waals surface area contributed by atoms with E-state index in [1.807, 2.05) is 36.4 Å². The Morgan fingerprint density at radius 1 is 0.356 bits per heavy atom. The third-order valence-corrected chi connectivity index (χ3v) is 8.49. The normalized spacial score (nSPS) is 11.6. The summed E-state index contributed by atoms with van der Waals surface area (Å²) in [6.45, 7) is 0. The van der Waals surface area contributed by atoms with Crippen molar-refractivity contribution in [3.8, 4) is 45.3 Å². The Morgan fingerprint density at radius 3 is 1.64 bits per heavy atom. The summed E-state index contributed by atoms with van der Waals surface area (Å²) in [7, 11) is 0. The van der Waals surface area contributed by atoms with Gasteiger partial charge >= 0.3 is 0 Å². The number of hydrogen-bond donors (Lipinski definition) is 0. The maximum Gasteiger partial charge on any atom is 0.164 e. The Morgan fingerprint density at radius 2 is 0.911 bits per heavy atom. The molecule has 0 saturated heterocycles. The van der Waals surface area contributed by atoms with E-state index in [-0.39, 0.29) is 0 Å². The van der Waals surface area contributed by atoms with Crippen molar-refractivity contribution in [1.82, 2.24) is 15.0 Å². The van der Waals surface area contributed by atoms with E-state index in [2.05, 4.69) is 115 Å². The first-order valence-corrected chi connectivity index (χ1v) is 15.0. The molecule has 0 bridgehead atoms. The molecule has 2 heterocycles. The van der Waals surface area contributed by atoms with Crippen molar-refractivity contribution >= 4 is 43.5 Å². The van der Waals surface area contributed by atoms with Crippen molar-refractivity contribution in [3.63, 3.8) is 0 Å². The first kappa shape index (κ1) is 25.4. The number of furan rings is 1. The van der Waals surface area contributed by atoms with Crippen molar-refractivity contribution in [3.05, 3.63) is 152 Å². The topological polar surface area (TPSA) is 51.8 Å². The minimum Gasteiger partial charge on any atom is -0.456 e. The summed E-state index contributed by atoms with van der Waals surface area (Å²) >= 11 is 0. The van der Waals surface area contributed by atoms with Crippen molar-refractivity contribution in [2.75, 3.05) is 0 Å². The van der Waals surface area contributed by atoms with Gasteiger partial charge in [-0.2, -0.15) is 0 Å². The lowest BCUT2D eigenvalue weighted by atomic mass is 9.97. The number of hydrogen-bond acceptors (Lipinski definition) is 4. The summed E-state index contributed by atoms with van der Waals surface area (Å²) < 4.78 is 6.33. The molecule has 0 spiro atoms. The fourth-order valence-electron chi connectivity index (χ4n) is 6.23. The molecule has 0 aliphatic carbocycles. The Kier molecular flexibility index (Phi) is 5.78. The van der Waals surface area contributed by atoms with E-state index in [0.29, 0.717) is 17.5 Å². The van der Waals surface area contributed by atoms with E-state index < -0.39 is 0 Å². The molecule has 9 rings (SSSR count). The predicted octanol–water partition coefficient (Wildman–Crippen LogP) is 10.7. The molecule has 0 N–H and O–H groups in total. The molecule has 0 aliphatic rings. The maximum atomic E-state index is 6.33. The van der Waals surface area contributed by atoms with Crippen LogP contribution in [0.5, 0.6) is 0 Å². The highest BCUT2D eigenvalue weighted by atomic mass is 16.3. The molecule has 210 valence electrons. The number of benzene rings is 7. The summed E-state index contributed by atoms with van der Waals surface area (Å²) in [6.07, 6.45) is 0. The second-order valence-electron chi connectivity index (χ2n) is 11.3. The van der Waals surface area contributed by atoms with E-state index in [1.54, 1.807) is 0 Å². The van der Waals surface area contributed by atoms with Gasteiger partial charge in [-0.1, -0.05) is 127 Å². The summed E-state index contributed by atoms with van der Waals surface area (Å²) in [5.41, 5.74) is 6.84. The van der Waals surface area contributed by atoms with Crippen LogP contribution in [0.25, 0.3) is 88.8 Å². The van der Waals surface area contributed by atoms with Crippen LogP contribution in [0.4, 0.5) is 0 Å². The Hall–Kier alpha value is -6.13. The average molecular weight is 576 g/mol. The monoisotopic (exact) mass is 575 g/mol. The number of nitrogens with zero attached hydrogens (tertiary/aromatic N) is 3. The fourth-order valence-corrected chi connectivity index (χ4v) is 6.23. The van der Waals surface area contributed by atoms with Crippen molar-refractivity contribution in [2.24, 2.45) is 0 Å². The van der Waals surface area contributed by atoms with Gasteiger partial charge in [0.1, 0.15) is 11.2 Å². The van der Waals surface area contributed by atoms with E-state index >= 15 is 0 Å². The molecule has 0 fully saturated rings. The Balaban J connectivity index is 1.17. The standard InChI is InChI=1S/C41H25N3O/c1-2-10-28(11-3-1)39-42-40(44-41(43-39)33-22-17-26-9-4-5-12-30(26)23-33)29-20-18-27(19-21-29)34-15-8-16-36-38(34)35-24-31-13-6-7-14-32(31)25-37(35)45-36/h1-25H. The van der Waals surface area contributed by atoms with Gasteiger partial charge in [-0.3, -0.25) is 0 Å². The SMILES string of the molecule is c1ccc(-c2nc(-c3ccc(-c4cccc5oc6cc7ccccc7cc6c45)cc3)nc(-c3ccc4ccccc4c3)n2)cc1. The van der Waals surface area contributed by atoms with Crippen LogP contribution in [-0.2, 0) is 0 Å². The van der Waals surface area contributed by atoms with Gasteiger partial charge in [0.15, 0.2) is 17.5 Å². The molecule has 9 aromatic rings. The summed E-state index contributed by atoms with van der Waals surface area (Å²) in [5, 5.41) is 6.94. The Bertz CT molecular complexity index is 2530. The van der Waals surface area contributed by atoms with Crippen LogP contribution >= 0.6 is 0 Å². The van der Waals surface area contributed by atoms with Gasteiger partial charge in [0.05, 0.1) is 0 Å². The minimum absolute atomic E-state index is 0.636. The Labute approximate surface area is 259 Å². The van der Waals surface area contributed by atoms with Gasteiger partial charge in [-0.05, 0) is 56.9 Å². The molecule has 0 atom stereocenters. The highest BCUT2D eigenvalue weighted by Crippen LogP contribution is 2.39. The first-order valence-electron chi connectivity index (χ1n) is 15.0. The van der Waals surface area contributed by atoms with Gasteiger partial charge in [0.2, 0.25) is 0 Å². The third-order valence-electron chi connectivity index (χ3n) is 8.49. The summed E-state index contributed by atoms with van der Waals surface area (Å²) in [6, 6.07) is 52.3. The van der Waals surface area contributed by atoms with E-state index in [0.717, 1.165) is 55.1 Å². The lowest BCUT2D eigenvalue weighted by Crippen LogP contribution is -2.00. The molecule has 4 heteroatoms. The predicted molar refractivity (Wildman–Crippen MR) is 184 cm³/mol. The van der Waals surface area contributed by atoms with Gasteiger partial charge in [0, 0.05) is 27.5 Å². The largest absolute Gasteiger partial charge is 0.456 e. The molecule has 0 saturated carbocycles. The number of rotatable bonds is 4. The second-order valence-corrected chi connectivity index (χ2v) is 11.3. The first-order chi connectivity index (χ1) is 22.3. The van der Waals surface area contributed by atoms with Crippen LogP contribution in [0.15, 0.2) is 156 Å². The van der Waals surface area contributed by atoms with Crippen LogP contribution in [0.2, 0.25) is 0 Å². The highest BCUT2D eigenvalue weighted by Gasteiger charge is 2.16. The molecule has 0 aliphatic heterocycles. The molecule has 7 aromatic carbocycles. The lowest BCUT2D eigenvalue weighted by Gasteiger charge is -2.10. The number of aromatic nitrogens is 3. The highest BCUT2D eigenvalue weighted by molar-refractivity contribution is 6.15. The van der Waals surface area contributed by atoms with Crippen molar-refractivity contribution in [2.45, 2.75) is 0 Å². The quantitative estimate of drug-likeness (QED) is 0.209. The van der Waals surface area contributed by atoms with Gasteiger partial charge in [-0.15, -0.1) is 0 Å². The minimum atomic E-state index is 0.636. The molecule has 0 unspecified atom stereocenters. The van der Waals surface area contributed by atoms with E-state index in [4.69, 9.17) is 19.4 Å². The van der Waals surface area contributed by atoms with Gasteiger partial charge in [-0.25, -0.2) is 15.0 Å². The van der Waals surface area contributed by atoms with Crippen molar-refractivity contribution < 1.29 is 4.42 Å². The molecule has 2 aromatic heterocycles. The second kappa shape index (κ2) is 10.2. The molecular weight excluding hydrogens is 550 g/mol. The van der Waals surface area contributed by atoms with Gasteiger partial charge < -0.3 is 4.42 Å². The molecule has 0 amide bonds. The zero-order chi connectivity index (χ0) is 29.7. The van der Waals surface area contributed by atoms with Gasteiger partial charge in [0.25, 0.3) is 0 Å². The molecule has 4 nitrogen and oxygen atoms in total. The average Bonchev–Trinajstić information content (AvgIpc) is 3.48. The van der Waals surface area contributed by atoms with Crippen LogP contribution < -0.4 is 0 Å².